The molecule has 5 rings (SSSR count). The minimum atomic E-state index is -1.08. The lowest BCUT2D eigenvalue weighted by atomic mass is 9.79. The topological polar surface area (TPSA) is 128 Å². The third-order valence-corrected chi connectivity index (χ3v) is 7.52. The van der Waals surface area contributed by atoms with Crippen LogP contribution in [0.25, 0.3) is 11.1 Å². The molecule has 0 unspecified atom stereocenters. The fourth-order valence-electron chi connectivity index (χ4n) is 5.42. The summed E-state index contributed by atoms with van der Waals surface area (Å²) in [5.41, 5.74) is 12.5. The van der Waals surface area contributed by atoms with Gasteiger partial charge in [-0.3, -0.25) is 10.2 Å². The number of rotatable bonds is 8. The van der Waals surface area contributed by atoms with Gasteiger partial charge in [0.05, 0.1) is 11.6 Å². The second-order valence-corrected chi connectivity index (χ2v) is 10.9. The molecule has 4 aromatic carbocycles. The summed E-state index contributed by atoms with van der Waals surface area (Å²) < 4.78 is 0. The third-order valence-electron chi connectivity index (χ3n) is 7.52. The van der Waals surface area contributed by atoms with Crippen molar-refractivity contribution in [1.29, 1.82) is 5.41 Å². The maximum Gasteiger partial charge on any atom is 0.336 e. The molecule has 0 saturated heterocycles. The number of hydrogen-bond acceptors (Lipinski definition) is 4. The number of amides is 1. The van der Waals surface area contributed by atoms with Gasteiger partial charge in [-0.05, 0) is 76.6 Å². The van der Waals surface area contributed by atoms with Crippen LogP contribution in [0.5, 0.6) is 0 Å². The molecule has 0 fully saturated rings. The molecule has 1 amide bonds. The highest BCUT2D eigenvalue weighted by atomic mass is 16.4. The van der Waals surface area contributed by atoms with Crippen LogP contribution in [0.4, 0.5) is 5.69 Å². The van der Waals surface area contributed by atoms with Crippen molar-refractivity contribution >= 4 is 23.4 Å². The van der Waals surface area contributed by atoms with Crippen molar-refractivity contribution in [3.05, 3.63) is 124 Å². The van der Waals surface area contributed by atoms with Crippen LogP contribution in [0.2, 0.25) is 0 Å². The maximum atomic E-state index is 12.6. The van der Waals surface area contributed by atoms with Crippen LogP contribution in [0.15, 0.2) is 91.0 Å². The number of amidine groups is 1. The number of carbonyl (C=O) groups excluding carboxylic acids is 1. The summed E-state index contributed by atoms with van der Waals surface area (Å²) >= 11 is 0. The van der Waals surface area contributed by atoms with Gasteiger partial charge in [-0.25, -0.2) is 4.79 Å². The van der Waals surface area contributed by atoms with Crippen LogP contribution in [-0.4, -0.2) is 29.4 Å². The van der Waals surface area contributed by atoms with Crippen LogP contribution >= 0.6 is 0 Å². The summed E-state index contributed by atoms with van der Waals surface area (Å²) in [6.07, 6.45) is 0.766. The number of benzene rings is 4. The average Bonchev–Trinajstić information content (AvgIpc) is 2.99. The van der Waals surface area contributed by atoms with Gasteiger partial charge in [0, 0.05) is 29.3 Å². The van der Waals surface area contributed by atoms with E-state index in [1.54, 1.807) is 12.1 Å². The Bertz CT molecular complexity index is 1610. The Balaban J connectivity index is 1.50. The largest absolute Gasteiger partial charge is 0.478 e. The SMILES string of the molecule is CC(C)CNC(=O)c1ccc(-c2cccc([C@@H]3C[C@H](c4ccccc4)c4cc(C(=N)N)ccc4N3)c2)c(C(=O)O)c1. The minimum Gasteiger partial charge on any atom is -0.478 e. The van der Waals surface area contributed by atoms with Gasteiger partial charge < -0.3 is 21.5 Å². The summed E-state index contributed by atoms with van der Waals surface area (Å²) in [5, 5.41) is 24.5. The molecular formula is C34H34N4O3. The molecule has 7 heteroatoms. The fraction of sp³-hybridized carbons (Fsp3) is 0.206. The first-order chi connectivity index (χ1) is 19.7. The molecule has 1 aliphatic heterocycles. The number of nitrogens with one attached hydrogen (secondary N) is 3. The van der Waals surface area contributed by atoms with Gasteiger partial charge in [-0.1, -0.05) is 68.4 Å². The van der Waals surface area contributed by atoms with Gasteiger partial charge in [-0.15, -0.1) is 0 Å². The molecule has 0 aliphatic carbocycles. The van der Waals surface area contributed by atoms with Gasteiger partial charge >= 0.3 is 5.97 Å². The normalized spacial score (nSPS) is 16.0. The molecule has 0 aromatic heterocycles. The Morgan fingerprint density at radius 3 is 2.39 bits per heavy atom. The Labute approximate surface area is 239 Å². The first-order valence-electron chi connectivity index (χ1n) is 13.8. The van der Waals surface area contributed by atoms with E-state index in [4.69, 9.17) is 11.1 Å². The van der Waals surface area contributed by atoms with E-state index in [0.717, 1.165) is 28.8 Å². The van der Waals surface area contributed by atoms with Gasteiger partial charge in [0.25, 0.3) is 5.91 Å². The monoisotopic (exact) mass is 546 g/mol. The van der Waals surface area contributed by atoms with E-state index in [1.807, 2.05) is 74.5 Å². The Kier molecular flexibility index (Phi) is 7.88. The predicted octanol–water partition coefficient (Wildman–Crippen LogP) is 6.41. The zero-order valence-electron chi connectivity index (χ0n) is 23.1. The molecule has 1 heterocycles. The molecular weight excluding hydrogens is 512 g/mol. The molecule has 0 bridgehead atoms. The van der Waals surface area contributed by atoms with Crippen molar-refractivity contribution in [3.8, 4) is 11.1 Å². The molecule has 41 heavy (non-hydrogen) atoms. The number of carbonyl (C=O) groups is 2. The minimum absolute atomic E-state index is 0.0343. The molecule has 1 aliphatic rings. The van der Waals surface area contributed by atoms with E-state index in [0.29, 0.717) is 23.2 Å². The standard InChI is InChI=1S/C34H34N4O3/c1-20(2)19-37-33(39)25-11-13-26(29(17-25)34(40)41)22-9-6-10-23(15-22)31-18-27(21-7-4-3-5-8-21)28-16-24(32(35)36)12-14-30(28)38-31/h3-17,20,27,31,38H,18-19H2,1-2H3,(H3,35,36)(H,37,39)(H,40,41)/t27-,31+/m1/s1. The highest BCUT2D eigenvalue weighted by Gasteiger charge is 2.29. The Morgan fingerprint density at radius 2 is 1.68 bits per heavy atom. The molecule has 7 nitrogen and oxygen atoms in total. The van der Waals surface area contributed by atoms with Gasteiger partial charge in [-0.2, -0.15) is 0 Å². The number of nitrogen functional groups attached to an aromatic ring is 1. The van der Waals surface area contributed by atoms with Gasteiger partial charge in [0.1, 0.15) is 5.84 Å². The number of fused-ring (bicyclic) bond motifs is 1. The van der Waals surface area contributed by atoms with E-state index in [9.17, 15) is 14.7 Å². The van der Waals surface area contributed by atoms with Crippen molar-refractivity contribution in [2.75, 3.05) is 11.9 Å². The smallest absolute Gasteiger partial charge is 0.336 e. The molecule has 4 aromatic rings. The van der Waals surface area contributed by atoms with Crippen molar-refractivity contribution in [2.24, 2.45) is 11.7 Å². The van der Waals surface area contributed by atoms with Crippen molar-refractivity contribution in [3.63, 3.8) is 0 Å². The quantitative estimate of drug-likeness (QED) is 0.129. The molecule has 0 spiro atoms. The van der Waals surface area contributed by atoms with Crippen LogP contribution < -0.4 is 16.4 Å². The average molecular weight is 547 g/mol. The van der Waals surface area contributed by atoms with Gasteiger partial charge in [0.2, 0.25) is 0 Å². The maximum absolute atomic E-state index is 12.6. The van der Waals surface area contributed by atoms with E-state index in [-0.39, 0.29) is 35.2 Å². The summed E-state index contributed by atoms with van der Waals surface area (Å²) in [5.74, 6) is -0.964. The van der Waals surface area contributed by atoms with Crippen LogP contribution in [-0.2, 0) is 0 Å². The highest BCUT2D eigenvalue weighted by molar-refractivity contribution is 6.01. The van der Waals surface area contributed by atoms with E-state index >= 15 is 0 Å². The van der Waals surface area contributed by atoms with Crippen LogP contribution in [0.1, 0.15) is 75.2 Å². The Hall–Kier alpha value is -4.91. The molecule has 2 atom stereocenters. The van der Waals surface area contributed by atoms with Crippen molar-refractivity contribution in [2.45, 2.75) is 32.2 Å². The number of carboxylic acid groups (broad SMARTS) is 1. The fourth-order valence-corrected chi connectivity index (χ4v) is 5.42. The van der Waals surface area contributed by atoms with Crippen molar-refractivity contribution in [1.82, 2.24) is 5.32 Å². The Morgan fingerprint density at radius 1 is 0.951 bits per heavy atom. The van der Waals surface area contributed by atoms with E-state index in [2.05, 4.69) is 22.8 Å². The third kappa shape index (κ3) is 5.99. The van der Waals surface area contributed by atoms with Crippen LogP contribution in [0.3, 0.4) is 0 Å². The number of anilines is 1. The molecule has 0 radical (unpaired) electrons. The van der Waals surface area contributed by atoms with E-state index < -0.39 is 5.97 Å². The zero-order valence-corrected chi connectivity index (χ0v) is 23.1. The highest BCUT2D eigenvalue weighted by Crippen LogP contribution is 2.44. The summed E-state index contributed by atoms with van der Waals surface area (Å²) in [7, 11) is 0. The number of aromatic carboxylic acids is 1. The molecule has 6 N–H and O–H groups in total. The lowest BCUT2D eigenvalue weighted by molar-refractivity contribution is 0.0697. The summed E-state index contributed by atoms with van der Waals surface area (Å²) in [6, 6.07) is 28.8. The zero-order chi connectivity index (χ0) is 29.1. The summed E-state index contributed by atoms with van der Waals surface area (Å²) in [4.78, 5) is 24.9. The molecule has 0 saturated carbocycles. The number of hydrogen-bond donors (Lipinski definition) is 5. The second kappa shape index (κ2) is 11.7. The summed E-state index contributed by atoms with van der Waals surface area (Å²) in [6.45, 7) is 4.52. The van der Waals surface area contributed by atoms with Crippen molar-refractivity contribution < 1.29 is 14.7 Å². The second-order valence-electron chi connectivity index (χ2n) is 10.9. The first kappa shape index (κ1) is 27.6. The first-order valence-corrected chi connectivity index (χ1v) is 13.8. The van der Waals surface area contributed by atoms with Gasteiger partial charge in [0.15, 0.2) is 0 Å². The molecule has 208 valence electrons. The van der Waals surface area contributed by atoms with E-state index in [1.165, 1.54) is 11.6 Å². The lowest BCUT2D eigenvalue weighted by Crippen LogP contribution is -2.27. The number of nitrogens with two attached hydrogens (primary N) is 1. The predicted molar refractivity (Wildman–Crippen MR) is 163 cm³/mol. The van der Waals surface area contributed by atoms with Crippen LogP contribution in [0, 0.1) is 11.3 Å². The number of carboxylic acids is 1. The lowest BCUT2D eigenvalue weighted by Gasteiger charge is -2.34.